The summed E-state index contributed by atoms with van der Waals surface area (Å²) < 4.78 is 0. The van der Waals surface area contributed by atoms with E-state index < -0.39 is 0 Å². The summed E-state index contributed by atoms with van der Waals surface area (Å²) in [6.07, 6.45) is 3.16. The third kappa shape index (κ3) is 4.42. The smallest absolute Gasteiger partial charge is 0.253 e. The number of rotatable bonds is 6. The molecule has 1 N–H and O–H groups in total. The number of carbonyl (C=O) groups is 1. The van der Waals surface area contributed by atoms with Crippen LogP contribution in [0.4, 0.5) is 5.69 Å². The van der Waals surface area contributed by atoms with Crippen LogP contribution in [0.5, 0.6) is 0 Å². The second-order valence-electron chi connectivity index (χ2n) is 4.17. The van der Waals surface area contributed by atoms with Gasteiger partial charge in [0, 0.05) is 26.2 Å². The maximum Gasteiger partial charge on any atom is 0.253 e. The van der Waals surface area contributed by atoms with Gasteiger partial charge in [0.15, 0.2) is 0 Å². The van der Waals surface area contributed by atoms with Crippen molar-refractivity contribution in [3.8, 4) is 0 Å². The summed E-state index contributed by atoms with van der Waals surface area (Å²) in [5, 5.41) is 3.91. The highest BCUT2D eigenvalue weighted by atomic mass is 35.5. The van der Waals surface area contributed by atoms with Crippen molar-refractivity contribution in [1.82, 2.24) is 4.90 Å². The van der Waals surface area contributed by atoms with E-state index in [1.165, 1.54) is 0 Å². The number of amides is 1. The van der Waals surface area contributed by atoms with E-state index in [2.05, 4.69) is 11.6 Å². The van der Waals surface area contributed by atoms with Crippen LogP contribution >= 0.6 is 23.4 Å². The van der Waals surface area contributed by atoms with Crippen LogP contribution in [0.15, 0.2) is 18.2 Å². The fraction of sp³-hybridized carbons (Fsp3) is 0.462. The van der Waals surface area contributed by atoms with E-state index in [1.54, 1.807) is 31.1 Å². The van der Waals surface area contributed by atoms with E-state index in [9.17, 15) is 4.79 Å². The maximum atomic E-state index is 11.8. The van der Waals surface area contributed by atoms with E-state index in [4.69, 9.17) is 11.6 Å². The predicted molar refractivity (Wildman–Crippen MR) is 81.0 cm³/mol. The molecule has 0 spiro atoms. The van der Waals surface area contributed by atoms with E-state index in [-0.39, 0.29) is 5.91 Å². The first-order chi connectivity index (χ1) is 8.56. The van der Waals surface area contributed by atoms with Crippen molar-refractivity contribution in [2.45, 2.75) is 6.42 Å². The molecule has 0 radical (unpaired) electrons. The molecule has 100 valence electrons. The highest BCUT2D eigenvalue weighted by Crippen LogP contribution is 2.23. The summed E-state index contributed by atoms with van der Waals surface area (Å²) in [6, 6.07) is 5.32. The van der Waals surface area contributed by atoms with Crippen LogP contribution in [0.2, 0.25) is 5.02 Å². The number of halogens is 1. The second-order valence-corrected chi connectivity index (χ2v) is 5.56. The van der Waals surface area contributed by atoms with Crippen LogP contribution in [0.1, 0.15) is 16.8 Å². The normalized spacial score (nSPS) is 10.2. The van der Waals surface area contributed by atoms with Gasteiger partial charge in [-0.2, -0.15) is 11.8 Å². The van der Waals surface area contributed by atoms with Crippen LogP contribution in [0.25, 0.3) is 0 Å². The van der Waals surface area contributed by atoms with Crippen molar-refractivity contribution in [2.75, 3.05) is 38.0 Å². The molecular formula is C13H19ClN2OS. The maximum absolute atomic E-state index is 11.8. The first kappa shape index (κ1) is 15.2. The molecular weight excluding hydrogens is 268 g/mol. The zero-order valence-corrected chi connectivity index (χ0v) is 12.6. The minimum Gasteiger partial charge on any atom is -0.384 e. The van der Waals surface area contributed by atoms with Crippen molar-refractivity contribution in [1.29, 1.82) is 0 Å². The number of hydrogen-bond donors (Lipinski definition) is 1. The van der Waals surface area contributed by atoms with Gasteiger partial charge in [0.2, 0.25) is 0 Å². The Balaban J connectivity index is 2.72. The summed E-state index contributed by atoms with van der Waals surface area (Å²) in [4.78, 5) is 13.4. The van der Waals surface area contributed by atoms with Gasteiger partial charge < -0.3 is 10.2 Å². The Kier molecular flexibility index (Phi) is 6.36. The van der Waals surface area contributed by atoms with Gasteiger partial charge in [-0.15, -0.1) is 0 Å². The molecule has 0 saturated carbocycles. The molecule has 1 rings (SSSR count). The average molecular weight is 287 g/mol. The third-order valence-electron chi connectivity index (χ3n) is 2.46. The van der Waals surface area contributed by atoms with Crippen molar-refractivity contribution in [3.63, 3.8) is 0 Å². The first-order valence-electron chi connectivity index (χ1n) is 5.80. The van der Waals surface area contributed by atoms with Crippen LogP contribution in [-0.4, -0.2) is 43.5 Å². The lowest BCUT2D eigenvalue weighted by Gasteiger charge is -2.13. The number of thioether (sulfide) groups is 1. The standard InChI is InChI=1S/C13H19ClN2OS/c1-16(2)13(17)10-5-6-11(14)12(9-10)15-7-4-8-18-3/h5-6,9,15H,4,7-8H2,1-3H3. The summed E-state index contributed by atoms with van der Waals surface area (Å²) in [6.45, 7) is 0.861. The van der Waals surface area contributed by atoms with Gasteiger partial charge in [-0.3, -0.25) is 4.79 Å². The Hall–Kier alpha value is -0.870. The largest absolute Gasteiger partial charge is 0.384 e. The molecule has 1 amide bonds. The molecule has 18 heavy (non-hydrogen) atoms. The summed E-state index contributed by atoms with van der Waals surface area (Å²) in [5.74, 6) is 1.10. The lowest BCUT2D eigenvalue weighted by atomic mass is 10.2. The Labute approximate surface area is 118 Å². The molecule has 0 atom stereocenters. The zero-order valence-electron chi connectivity index (χ0n) is 11.0. The summed E-state index contributed by atoms with van der Waals surface area (Å²) in [7, 11) is 3.48. The quantitative estimate of drug-likeness (QED) is 0.815. The lowest BCUT2D eigenvalue weighted by Crippen LogP contribution is -2.21. The fourth-order valence-electron chi connectivity index (χ4n) is 1.49. The topological polar surface area (TPSA) is 32.3 Å². The van der Waals surface area contributed by atoms with Gasteiger partial charge >= 0.3 is 0 Å². The fourth-order valence-corrected chi connectivity index (χ4v) is 2.11. The van der Waals surface area contributed by atoms with Crippen LogP contribution in [0.3, 0.4) is 0 Å². The molecule has 1 aromatic carbocycles. The average Bonchev–Trinajstić information content (AvgIpc) is 2.35. The number of hydrogen-bond acceptors (Lipinski definition) is 3. The van der Waals surface area contributed by atoms with E-state index in [0.29, 0.717) is 10.6 Å². The number of nitrogens with zero attached hydrogens (tertiary/aromatic N) is 1. The Bertz CT molecular complexity index is 410. The van der Waals surface area contributed by atoms with Crippen molar-refractivity contribution >= 4 is 35.0 Å². The van der Waals surface area contributed by atoms with Gasteiger partial charge in [0.1, 0.15) is 0 Å². The SMILES string of the molecule is CSCCCNc1cc(C(=O)N(C)C)ccc1Cl. The molecule has 0 aliphatic rings. The molecule has 0 unspecified atom stereocenters. The van der Waals surface area contributed by atoms with Gasteiger partial charge in [-0.25, -0.2) is 0 Å². The van der Waals surface area contributed by atoms with Gasteiger partial charge in [0.05, 0.1) is 10.7 Å². The third-order valence-corrected chi connectivity index (χ3v) is 3.49. The van der Waals surface area contributed by atoms with Crippen molar-refractivity contribution in [2.24, 2.45) is 0 Å². The predicted octanol–water partition coefficient (Wildman–Crippen LogP) is 3.21. The number of nitrogens with one attached hydrogen (secondary N) is 1. The number of carbonyl (C=O) groups excluding carboxylic acids is 1. The molecule has 0 bridgehead atoms. The molecule has 5 heteroatoms. The Morgan fingerprint density at radius 3 is 2.78 bits per heavy atom. The number of benzene rings is 1. The van der Waals surface area contributed by atoms with Crippen molar-refractivity contribution < 1.29 is 4.79 Å². The zero-order chi connectivity index (χ0) is 13.5. The lowest BCUT2D eigenvalue weighted by molar-refractivity contribution is 0.0827. The molecule has 1 aromatic rings. The van der Waals surface area contributed by atoms with Crippen molar-refractivity contribution in [3.05, 3.63) is 28.8 Å². The van der Waals surface area contributed by atoms with Gasteiger partial charge in [-0.1, -0.05) is 11.6 Å². The first-order valence-corrected chi connectivity index (χ1v) is 7.57. The van der Waals surface area contributed by atoms with Gasteiger partial charge in [-0.05, 0) is 36.6 Å². The van der Waals surface area contributed by atoms with E-state index in [0.717, 1.165) is 24.4 Å². The van der Waals surface area contributed by atoms with Gasteiger partial charge in [0.25, 0.3) is 5.91 Å². The summed E-state index contributed by atoms with van der Waals surface area (Å²) in [5.41, 5.74) is 1.47. The molecule has 0 heterocycles. The summed E-state index contributed by atoms with van der Waals surface area (Å²) >= 11 is 7.92. The molecule has 0 aromatic heterocycles. The van der Waals surface area contributed by atoms with Crippen LogP contribution < -0.4 is 5.32 Å². The second kappa shape index (κ2) is 7.54. The molecule has 0 fully saturated rings. The Morgan fingerprint density at radius 2 is 2.17 bits per heavy atom. The number of anilines is 1. The van der Waals surface area contributed by atoms with Crippen LogP contribution in [-0.2, 0) is 0 Å². The highest BCUT2D eigenvalue weighted by molar-refractivity contribution is 7.98. The monoisotopic (exact) mass is 286 g/mol. The molecule has 0 saturated heterocycles. The highest BCUT2D eigenvalue weighted by Gasteiger charge is 2.10. The minimum atomic E-state index is -0.0150. The van der Waals surface area contributed by atoms with E-state index in [1.807, 2.05) is 17.8 Å². The minimum absolute atomic E-state index is 0.0150. The van der Waals surface area contributed by atoms with E-state index >= 15 is 0 Å². The van der Waals surface area contributed by atoms with Crippen LogP contribution in [0, 0.1) is 0 Å². The molecule has 3 nitrogen and oxygen atoms in total. The molecule has 0 aliphatic carbocycles. The molecule has 0 aliphatic heterocycles. The Morgan fingerprint density at radius 1 is 1.44 bits per heavy atom.